The van der Waals surface area contributed by atoms with E-state index in [4.69, 9.17) is 4.74 Å². The molecule has 0 aliphatic carbocycles. The highest BCUT2D eigenvalue weighted by Crippen LogP contribution is 2.35. The zero-order valence-electron chi connectivity index (χ0n) is 9.62. The van der Waals surface area contributed by atoms with Crippen LogP contribution < -0.4 is 4.74 Å². The number of ether oxygens (including phenoxy) is 1. The standard InChI is InChI=1S/C12H9Br2NO3/c1-5-11(18-2)9(12(16)17)7-3-6(13)4-8(14)10(7)15-5/h3-4H,1-2H3,(H,16,17). The quantitative estimate of drug-likeness (QED) is 0.868. The van der Waals surface area contributed by atoms with Crippen LogP contribution in [-0.4, -0.2) is 23.2 Å². The largest absolute Gasteiger partial charge is 0.494 e. The van der Waals surface area contributed by atoms with Gasteiger partial charge in [-0.25, -0.2) is 9.78 Å². The lowest BCUT2D eigenvalue weighted by molar-refractivity contribution is 0.0695. The molecule has 1 heterocycles. The zero-order chi connectivity index (χ0) is 13.4. The number of nitrogens with zero attached hydrogens (tertiary/aromatic N) is 1. The minimum absolute atomic E-state index is 0.127. The summed E-state index contributed by atoms with van der Waals surface area (Å²) in [7, 11) is 1.44. The second kappa shape index (κ2) is 4.85. The summed E-state index contributed by atoms with van der Waals surface area (Å²) in [5.41, 5.74) is 1.28. The number of hydrogen-bond acceptors (Lipinski definition) is 3. The van der Waals surface area contributed by atoms with Crippen LogP contribution in [0.5, 0.6) is 5.75 Å². The molecule has 0 saturated carbocycles. The van der Waals surface area contributed by atoms with Crippen molar-refractivity contribution in [2.24, 2.45) is 0 Å². The van der Waals surface area contributed by atoms with E-state index in [0.29, 0.717) is 22.3 Å². The molecule has 0 atom stereocenters. The summed E-state index contributed by atoms with van der Waals surface area (Å²) in [6, 6.07) is 3.55. The number of aromatic nitrogens is 1. The fourth-order valence-corrected chi connectivity index (χ4v) is 3.17. The van der Waals surface area contributed by atoms with E-state index >= 15 is 0 Å². The maximum Gasteiger partial charge on any atom is 0.340 e. The lowest BCUT2D eigenvalue weighted by atomic mass is 10.1. The van der Waals surface area contributed by atoms with Gasteiger partial charge in [0.25, 0.3) is 0 Å². The third-order valence-corrected chi connectivity index (χ3v) is 3.61. The first-order chi connectivity index (χ1) is 8.45. The van der Waals surface area contributed by atoms with E-state index < -0.39 is 5.97 Å². The molecule has 94 valence electrons. The number of aromatic carboxylic acids is 1. The van der Waals surface area contributed by atoms with Gasteiger partial charge < -0.3 is 9.84 Å². The predicted molar refractivity (Wildman–Crippen MR) is 75.4 cm³/mol. The Labute approximate surface area is 120 Å². The first kappa shape index (κ1) is 13.3. The van der Waals surface area contributed by atoms with Crippen molar-refractivity contribution in [1.29, 1.82) is 0 Å². The average Bonchev–Trinajstić information content (AvgIpc) is 2.28. The van der Waals surface area contributed by atoms with Crippen LogP contribution in [0.3, 0.4) is 0 Å². The SMILES string of the molecule is COc1c(C)nc2c(Br)cc(Br)cc2c1C(=O)O. The van der Waals surface area contributed by atoms with E-state index in [9.17, 15) is 9.90 Å². The Morgan fingerprint density at radius 3 is 2.61 bits per heavy atom. The van der Waals surface area contributed by atoms with Crippen molar-refractivity contribution >= 4 is 48.7 Å². The fraction of sp³-hybridized carbons (Fsp3) is 0.167. The van der Waals surface area contributed by atoms with Crippen LogP contribution >= 0.6 is 31.9 Å². The summed E-state index contributed by atoms with van der Waals surface area (Å²) in [5, 5.41) is 9.90. The highest BCUT2D eigenvalue weighted by Gasteiger charge is 2.20. The number of carbonyl (C=O) groups is 1. The number of pyridine rings is 1. The molecule has 2 rings (SSSR count). The van der Waals surface area contributed by atoms with E-state index in [-0.39, 0.29) is 5.56 Å². The summed E-state index contributed by atoms with van der Waals surface area (Å²) in [6.07, 6.45) is 0. The lowest BCUT2D eigenvalue weighted by Gasteiger charge is -2.12. The summed E-state index contributed by atoms with van der Waals surface area (Å²) in [5.74, 6) is -0.743. The maximum atomic E-state index is 11.4. The molecule has 0 amide bonds. The average molecular weight is 375 g/mol. The number of hydrogen-bond donors (Lipinski definition) is 1. The summed E-state index contributed by atoms with van der Waals surface area (Å²) < 4.78 is 6.66. The number of carboxylic acids is 1. The molecule has 18 heavy (non-hydrogen) atoms. The van der Waals surface area contributed by atoms with Gasteiger partial charge in [-0.2, -0.15) is 0 Å². The molecule has 0 fully saturated rings. The molecule has 0 aliphatic rings. The molecule has 1 aromatic carbocycles. The van der Waals surface area contributed by atoms with Crippen molar-refractivity contribution in [3.05, 3.63) is 32.3 Å². The number of fused-ring (bicyclic) bond motifs is 1. The van der Waals surface area contributed by atoms with Gasteiger partial charge in [-0.05, 0) is 35.0 Å². The molecule has 0 aliphatic heterocycles. The topological polar surface area (TPSA) is 59.4 Å². The van der Waals surface area contributed by atoms with E-state index in [2.05, 4.69) is 36.8 Å². The first-order valence-corrected chi connectivity index (χ1v) is 6.61. The Morgan fingerprint density at radius 2 is 2.06 bits per heavy atom. The Hall–Kier alpha value is -1.14. The first-order valence-electron chi connectivity index (χ1n) is 5.02. The Balaban J connectivity index is 3.01. The third-order valence-electron chi connectivity index (χ3n) is 2.55. The molecule has 0 spiro atoms. The van der Waals surface area contributed by atoms with E-state index in [0.717, 1.165) is 8.95 Å². The molecule has 0 unspecified atom stereocenters. The van der Waals surface area contributed by atoms with Crippen molar-refractivity contribution in [2.45, 2.75) is 6.92 Å². The normalized spacial score (nSPS) is 10.7. The summed E-state index contributed by atoms with van der Waals surface area (Å²) in [4.78, 5) is 15.8. The molecular weight excluding hydrogens is 366 g/mol. The second-order valence-electron chi connectivity index (χ2n) is 3.69. The van der Waals surface area contributed by atoms with E-state index in [1.807, 2.05) is 6.07 Å². The Bertz CT molecular complexity index is 656. The molecule has 6 heteroatoms. The molecule has 0 saturated heterocycles. The Morgan fingerprint density at radius 1 is 1.39 bits per heavy atom. The van der Waals surface area contributed by atoms with Crippen molar-refractivity contribution in [3.63, 3.8) is 0 Å². The van der Waals surface area contributed by atoms with Gasteiger partial charge in [-0.15, -0.1) is 0 Å². The lowest BCUT2D eigenvalue weighted by Crippen LogP contribution is -2.05. The van der Waals surface area contributed by atoms with Gasteiger partial charge in [0.15, 0.2) is 5.75 Å². The number of halogens is 2. The fourth-order valence-electron chi connectivity index (χ4n) is 1.85. The van der Waals surface area contributed by atoms with E-state index in [1.165, 1.54) is 7.11 Å². The molecule has 0 radical (unpaired) electrons. The number of rotatable bonds is 2. The monoisotopic (exact) mass is 373 g/mol. The van der Waals surface area contributed by atoms with Gasteiger partial charge in [0.05, 0.1) is 18.3 Å². The van der Waals surface area contributed by atoms with Gasteiger partial charge in [0.2, 0.25) is 0 Å². The highest BCUT2D eigenvalue weighted by molar-refractivity contribution is 9.11. The molecule has 1 N–H and O–H groups in total. The minimum atomic E-state index is -1.03. The van der Waals surface area contributed by atoms with Crippen LogP contribution in [0.1, 0.15) is 16.1 Å². The maximum absolute atomic E-state index is 11.4. The molecular formula is C12H9Br2NO3. The molecule has 2 aromatic rings. The molecule has 0 bridgehead atoms. The number of benzene rings is 1. The molecule has 4 nitrogen and oxygen atoms in total. The van der Waals surface area contributed by atoms with Crippen LogP contribution in [0.2, 0.25) is 0 Å². The number of carboxylic acid groups (broad SMARTS) is 1. The third kappa shape index (κ3) is 2.10. The van der Waals surface area contributed by atoms with Gasteiger partial charge in [0.1, 0.15) is 5.56 Å². The van der Waals surface area contributed by atoms with Crippen LogP contribution in [0.4, 0.5) is 0 Å². The number of aryl methyl sites for hydroxylation is 1. The van der Waals surface area contributed by atoms with Gasteiger partial charge in [-0.3, -0.25) is 0 Å². The molecule has 1 aromatic heterocycles. The summed E-state index contributed by atoms with van der Waals surface area (Å²) in [6.45, 7) is 1.72. The zero-order valence-corrected chi connectivity index (χ0v) is 12.8. The van der Waals surface area contributed by atoms with Gasteiger partial charge in [0, 0.05) is 14.3 Å². The van der Waals surface area contributed by atoms with Crippen LogP contribution in [0.15, 0.2) is 21.1 Å². The van der Waals surface area contributed by atoms with Gasteiger partial charge in [-0.1, -0.05) is 15.9 Å². The highest BCUT2D eigenvalue weighted by atomic mass is 79.9. The predicted octanol–water partition coefficient (Wildman–Crippen LogP) is 3.78. The number of methoxy groups -OCH3 is 1. The second-order valence-corrected chi connectivity index (χ2v) is 5.46. The summed E-state index contributed by atoms with van der Waals surface area (Å²) >= 11 is 6.73. The van der Waals surface area contributed by atoms with Crippen molar-refractivity contribution < 1.29 is 14.6 Å². The van der Waals surface area contributed by atoms with Crippen LogP contribution in [-0.2, 0) is 0 Å². The van der Waals surface area contributed by atoms with Crippen molar-refractivity contribution in [3.8, 4) is 5.75 Å². The Kier molecular flexibility index (Phi) is 3.59. The smallest absolute Gasteiger partial charge is 0.340 e. The van der Waals surface area contributed by atoms with Gasteiger partial charge >= 0.3 is 5.97 Å². The van der Waals surface area contributed by atoms with Crippen molar-refractivity contribution in [1.82, 2.24) is 4.98 Å². The van der Waals surface area contributed by atoms with E-state index in [1.54, 1.807) is 13.0 Å². The minimum Gasteiger partial charge on any atom is -0.494 e. The van der Waals surface area contributed by atoms with Crippen LogP contribution in [0.25, 0.3) is 10.9 Å². The van der Waals surface area contributed by atoms with Crippen LogP contribution in [0, 0.1) is 6.92 Å². The van der Waals surface area contributed by atoms with Crippen molar-refractivity contribution in [2.75, 3.05) is 7.11 Å².